The van der Waals surface area contributed by atoms with Gasteiger partial charge in [-0.15, -0.1) is 0 Å². The smallest absolute Gasteiger partial charge is 0.261 e. The fraction of sp³-hybridized carbons (Fsp3) is 0.224. The molecule has 0 spiro atoms. The Bertz CT molecular complexity index is 4700. The van der Waals surface area contributed by atoms with E-state index in [1.165, 1.54) is 156 Å². The maximum atomic E-state index is 8.59. The van der Waals surface area contributed by atoms with Gasteiger partial charge in [-0.05, 0) is 223 Å². The van der Waals surface area contributed by atoms with Crippen molar-refractivity contribution < 1.29 is 4.74 Å². The Kier molecular flexibility index (Phi) is 10.7. The van der Waals surface area contributed by atoms with Gasteiger partial charge in [0.1, 0.15) is 11.5 Å². The van der Waals surface area contributed by atoms with Crippen LogP contribution in [0.15, 0.2) is 182 Å². The van der Waals surface area contributed by atoms with Crippen LogP contribution in [0.3, 0.4) is 0 Å². The monoisotopic (exact) mass is 1180 g/mol. The van der Waals surface area contributed by atoms with E-state index in [0.29, 0.717) is 0 Å². The molecule has 0 aromatic heterocycles. The second kappa shape index (κ2) is 17.9. The molecule has 2 aliphatic carbocycles. The molecule has 0 N–H and O–H groups in total. The first kappa shape index (κ1) is 54.4. The summed E-state index contributed by atoms with van der Waals surface area (Å²) in [5, 5.41) is 0. The Labute approximate surface area is 537 Å². The third-order valence-corrected chi connectivity index (χ3v) is 22.4. The van der Waals surface area contributed by atoms with Crippen LogP contribution in [0.2, 0.25) is 0 Å². The van der Waals surface area contributed by atoms with Crippen molar-refractivity contribution in [3.05, 3.63) is 265 Å². The van der Waals surface area contributed by atoms with E-state index in [9.17, 15) is 0 Å². The standard InChI is InChI=1S/C85H75BN4O/c1-46-16-26-53(27-17-46)87(54-28-18-47(2)19-29-54)57-34-36-59-61(44-57)82(8,9)73-69(59)71-78-76-80(73)91-81-74-70(60-37-35-58(45-62(60)83(74,10)11)88(55-30-20-48(3)21-31-55)56-32-22-49(4)23-33-56)72-79-77(81)86(76)75-67(89(78)65-38-24-50(5)40-63(65)84(71,12)13)42-52(7)43-68(75)90(79)66-39-25-51(6)41-64(66)85(72,14)15/h16-45H,1-15H3. The van der Waals surface area contributed by atoms with Gasteiger partial charge in [0, 0.05) is 89.7 Å². The number of hydrogen-bond donors (Lipinski definition) is 0. The summed E-state index contributed by atoms with van der Waals surface area (Å²) in [7, 11) is 0. The Morgan fingerprint density at radius 1 is 0.297 bits per heavy atom. The molecule has 0 saturated heterocycles. The molecule has 7 aliphatic rings. The van der Waals surface area contributed by atoms with Crippen molar-refractivity contribution in [3.8, 4) is 33.8 Å². The third kappa shape index (κ3) is 6.98. The van der Waals surface area contributed by atoms with Gasteiger partial charge < -0.3 is 24.3 Å². The van der Waals surface area contributed by atoms with Crippen molar-refractivity contribution in [2.45, 2.75) is 126 Å². The van der Waals surface area contributed by atoms with Gasteiger partial charge in [0.25, 0.3) is 6.71 Å². The van der Waals surface area contributed by atoms with E-state index in [1.54, 1.807) is 0 Å². The summed E-state index contributed by atoms with van der Waals surface area (Å²) in [5.41, 5.74) is 41.1. The maximum absolute atomic E-state index is 8.59. The molecular formula is C85H75BN4O. The summed E-state index contributed by atoms with van der Waals surface area (Å²) in [6.45, 7) is 35.4. The van der Waals surface area contributed by atoms with Crippen LogP contribution in [0.25, 0.3) is 22.3 Å². The molecule has 0 amide bonds. The number of anilines is 12. The zero-order valence-electron chi connectivity index (χ0n) is 55.1. The van der Waals surface area contributed by atoms with E-state index in [2.05, 4.69) is 305 Å². The van der Waals surface area contributed by atoms with Gasteiger partial charge in [-0.25, -0.2) is 0 Å². The predicted molar refractivity (Wildman–Crippen MR) is 382 cm³/mol. The van der Waals surface area contributed by atoms with Crippen molar-refractivity contribution >= 4 is 91.3 Å². The number of rotatable bonds is 6. The molecule has 91 heavy (non-hydrogen) atoms. The van der Waals surface area contributed by atoms with Crippen molar-refractivity contribution in [2.24, 2.45) is 0 Å². The average Bonchev–Trinajstić information content (AvgIpc) is 1.64. The first-order chi connectivity index (χ1) is 43.5. The number of hydrogen-bond acceptors (Lipinski definition) is 5. The highest BCUT2D eigenvalue weighted by Gasteiger charge is 2.61. The van der Waals surface area contributed by atoms with Gasteiger partial charge >= 0.3 is 0 Å². The minimum atomic E-state index is -0.505. The highest BCUT2D eigenvalue weighted by Crippen LogP contribution is 2.69. The third-order valence-electron chi connectivity index (χ3n) is 22.4. The van der Waals surface area contributed by atoms with E-state index in [1.807, 2.05) is 0 Å². The van der Waals surface area contributed by atoms with Crippen molar-refractivity contribution in [3.63, 3.8) is 0 Å². The molecule has 0 atom stereocenters. The quantitative estimate of drug-likeness (QED) is 0.154. The molecule has 6 heteroatoms. The number of ether oxygens (including phenoxy) is 1. The molecule has 5 aliphatic heterocycles. The summed E-state index contributed by atoms with van der Waals surface area (Å²) < 4.78 is 8.59. The average molecular weight is 1180 g/mol. The molecule has 0 radical (unpaired) electrons. The predicted octanol–water partition coefficient (Wildman–Crippen LogP) is 20.9. The number of aryl methyl sites for hydroxylation is 7. The highest BCUT2D eigenvalue weighted by molar-refractivity contribution is 7.02. The summed E-state index contributed by atoms with van der Waals surface area (Å²) >= 11 is 0. The molecule has 5 heterocycles. The van der Waals surface area contributed by atoms with Gasteiger partial charge in [0.15, 0.2) is 0 Å². The van der Waals surface area contributed by atoms with Gasteiger partial charge in [-0.1, -0.05) is 174 Å². The van der Waals surface area contributed by atoms with Crippen LogP contribution in [0.1, 0.15) is 139 Å². The molecule has 11 aromatic carbocycles. The Morgan fingerprint density at radius 3 is 0.967 bits per heavy atom. The van der Waals surface area contributed by atoms with Crippen molar-refractivity contribution in [1.82, 2.24) is 0 Å². The normalized spacial score (nSPS) is 16.2. The van der Waals surface area contributed by atoms with Gasteiger partial charge in [0.05, 0.1) is 11.4 Å². The largest absolute Gasteiger partial charge is 0.458 e. The molecule has 0 fully saturated rings. The second-order valence-corrected chi connectivity index (χ2v) is 29.9. The highest BCUT2D eigenvalue weighted by atomic mass is 16.5. The van der Waals surface area contributed by atoms with Crippen LogP contribution in [-0.2, 0) is 21.7 Å². The van der Waals surface area contributed by atoms with Crippen LogP contribution in [0, 0.1) is 48.5 Å². The fourth-order valence-electron chi connectivity index (χ4n) is 18.0. The van der Waals surface area contributed by atoms with E-state index in [4.69, 9.17) is 4.74 Å². The minimum Gasteiger partial charge on any atom is -0.458 e. The van der Waals surface area contributed by atoms with E-state index < -0.39 is 21.7 Å². The first-order valence-corrected chi connectivity index (χ1v) is 32.8. The van der Waals surface area contributed by atoms with Crippen molar-refractivity contribution in [2.75, 3.05) is 19.6 Å². The van der Waals surface area contributed by atoms with Crippen LogP contribution in [0.5, 0.6) is 11.5 Å². The van der Waals surface area contributed by atoms with Crippen LogP contribution >= 0.6 is 0 Å². The van der Waals surface area contributed by atoms with Crippen LogP contribution in [-0.4, -0.2) is 6.71 Å². The summed E-state index contributed by atoms with van der Waals surface area (Å²) in [6.07, 6.45) is 0. The Morgan fingerprint density at radius 2 is 0.615 bits per heavy atom. The lowest BCUT2D eigenvalue weighted by atomic mass is 9.31. The second-order valence-electron chi connectivity index (χ2n) is 29.9. The van der Waals surface area contributed by atoms with Gasteiger partial charge in [0.2, 0.25) is 0 Å². The van der Waals surface area contributed by atoms with E-state index in [0.717, 1.165) is 45.6 Å². The van der Waals surface area contributed by atoms with Gasteiger partial charge in [-0.2, -0.15) is 0 Å². The number of benzene rings is 11. The molecule has 11 aromatic rings. The number of nitrogens with zero attached hydrogens (tertiary/aromatic N) is 4. The zero-order chi connectivity index (χ0) is 62.6. The maximum Gasteiger partial charge on any atom is 0.261 e. The molecular weight excluding hydrogens is 1100 g/mol. The molecule has 0 saturated carbocycles. The molecule has 5 nitrogen and oxygen atoms in total. The Balaban J connectivity index is 0.955. The van der Waals surface area contributed by atoms with Crippen molar-refractivity contribution in [1.29, 1.82) is 0 Å². The minimum absolute atomic E-state index is 0.136. The van der Waals surface area contributed by atoms with E-state index in [-0.39, 0.29) is 6.71 Å². The van der Waals surface area contributed by atoms with Gasteiger partial charge in [-0.3, -0.25) is 0 Å². The SMILES string of the molecule is Cc1ccc(N(c2ccc(C)cc2)c2ccc3c(c2)C(C)(C)c2c4c5c6c(c2-3)C(C)(C)c2cc(C)ccc2N6c2cc(C)cc3c2B5c2c(c5c(c6c2N3c2ccc(C)cc2C6(C)C)-c2ccc(N(c3ccc(C)cc3)c3ccc(C)cc3)cc2C5(C)C)O4)cc1. The zero-order valence-corrected chi connectivity index (χ0v) is 55.1. The first-order valence-electron chi connectivity index (χ1n) is 32.8. The van der Waals surface area contributed by atoms with Crippen LogP contribution in [0.4, 0.5) is 68.2 Å². The molecule has 444 valence electrons. The molecule has 0 bridgehead atoms. The lowest BCUT2D eigenvalue weighted by Crippen LogP contribution is -2.65. The Hall–Kier alpha value is -9.52. The topological polar surface area (TPSA) is 22.2 Å². The summed E-state index contributed by atoms with van der Waals surface area (Å²) in [4.78, 5) is 10.3. The molecule has 18 rings (SSSR count). The summed E-state index contributed by atoms with van der Waals surface area (Å²) in [5.74, 6) is 2.05. The fourth-order valence-corrected chi connectivity index (χ4v) is 18.0. The lowest BCUT2D eigenvalue weighted by Gasteiger charge is -2.55. The summed E-state index contributed by atoms with van der Waals surface area (Å²) in [6, 6.07) is 70.3. The van der Waals surface area contributed by atoms with E-state index >= 15 is 0 Å². The van der Waals surface area contributed by atoms with Crippen LogP contribution < -0.4 is 40.7 Å². The lowest BCUT2D eigenvalue weighted by molar-refractivity contribution is 0.453. The number of fused-ring (bicyclic) bond motifs is 16. The molecule has 0 unspecified atom stereocenters.